The number of benzene rings is 1. The van der Waals surface area contributed by atoms with Crippen LogP contribution in [0.5, 0.6) is 11.6 Å². The Morgan fingerprint density at radius 2 is 1.89 bits per heavy atom. The molecule has 38 heavy (non-hydrogen) atoms. The third-order valence-electron chi connectivity index (χ3n) is 6.06. The van der Waals surface area contributed by atoms with Crippen LogP contribution in [-0.4, -0.2) is 64.9 Å². The molecule has 0 unspecified atom stereocenters. The quantitative estimate of drug-likeness (QED) is 0.317. The van der Waals surface area contributed by atoms with E-state index in [1.165, 1.54) is 12.0 Å². The molecule has 1 fully saturated rings. The Kier molecular flexibility index (Phi) is 8.79. The van der Waals surface area contributed by atoms with Gasteiger partial charge in [-0.15, -0.1) is 6.58 Å². The first-order chi connectivity index (χ1) is 17.8. The lowest BCUT2D eigenvalue weighted by Gasteiger charge is -2.28. The zero-order chi connectivity index (χ0) is 28.3. The number of nitrogens with zero attached hydrogens (tertiary/aromatic N) is 3. The van der Waals surface area contributed by atoms with Gasteiger partial charge in [-0.25, -0.2) is 19.6 Å². The van der Waals surface area contributed by atoms with Crippen molar-refractivity contribution in [2.45, 2.75) is 71.1 Å². The van der Waals surface area contributed by atoms with Crippen LogP contribution in [0, 0.1) is 5.92 Å². The summed E-state index contributed by atoms with van der Waals surface area (Å²) < 4.78 is 52.5. The van der Waals surface area contributed by atoms with E-state index in [2.05, 4.69) is 16.5 Å². The number of likely N-dealkylation sites (tertiary alicyclic amines) is 1. The highest BCUT2D eigenvalue weighted by atomic mass is 19.3. The van der Waals surface area contributed by atoms with Gasteiger partial charge in [0.25, 0.3) is 5.92 Å². The minimum absolute atomic E-state index is 0.0989. The minimum Gasteiger partial charge on any atom is -0.494 e. The summed E-state index contributed by atoms with van der Waals surface area (Å²) in [6.07, 6.45) is -0.803. The maximum Gasteiger partial charge on any atom is 0.411 e. The molecule has 2 heterocycles. The average molecular weight is 536 g/mol. The van der Waals surface area contributed by atoms with Crippen molar-refractivity contribution in [3.05, 3.63) is 36.5 Å². The van der Waals surface area contributed by atoms with Gasteiger partial charge in [-0.1, -0.05) is 13.0 Å². The molecule has 1 amide bonds. The van der Waals surface area contributed by atoms with Crippen LogP contribution in [0.15, 0.2) is 30.9 Å². The Morgan fingerprint density at radius 1 is 1.18 bits per heavy atom. The largest absolute Gasteiger partial charge is 0.494 e. The Hall–Kier alpha value is -3.50. The van der Waals surface area contributed by atoms with Gasteiger partial charge < -0.3 is 18.9 Å². The number of methoxy groups -OCH3 is 1. The van der Waals surface area contributed by atoms with Crippen LogP contribution in [0.3, 0.4) is 0 Å². The molecule has 1 aromatic heterocycles. The fourth-order valence-electron chi connectivity index (χ4n) is 4.44. The summed E-state index contributed by atoms with van der Waals surface area (Å²) >= 11 is 0. The van der Waals surface area contributed by atoms with Gasteiger partial charge in [-0.3, -0.25) is 4.90 Å². The number of esters is 1. The molecule has 9 nitrogen and oxygen atoms in total. The van der Waals surface area contributed by atoms with Crippen LogP contribution in [0.1, 0.15) is 53.2 Å². The molecule has 0 N–H and O–H groups in total. The van der Waals surface area contributed by atoms with Gasteiger partial charge in [0.2, 0.25) is 5.88 Å². The maximum absolute atomic E-state index is 15.2. The molecule has 1 aliphatic rings. The van der Waals surface area contributed by atoms with Gasteiger partial charge in [0, 0.05) is 18.4 Å². The van der Waals surface area contributed by atoms with Gasteiger partial charge >= 0.3 is 12.1 Å². The van der Waals surface area contributed by atoms with E-state index in [0.717, 1.165) is 6.08 Å². The van der Waals surface area contributed by atoms with E-state index < -0.39 is 59.6 Å². The lowest BCUT2D eigenvalue weighted by molar-refractivity contribution is -0.147. The van der Waals surface area contributed by atoms with E-state index in [4.69, 9.17) is 18.9 Å². The van der Waals surface area contributed by atoms with Crippen molar-refractivity contribution < 1.29 is 37.3 Å². The highest BCUT2D eigenvalue weighted by Gasteiger charge is 2.51. The first kappa shape index (κ1) is 29.1. The Labute approximate surface area is 221 Å². The number of alkyl halides is 2. The molecule has 208 valence electrons. The standard InChI is InChI=1S/C27H35F2N3O6/c1-8-13-27(28,29)22-23(31-19-14-16(36-10-3)11-12-18(19)30-22)37-20-15-32(25(34)38-26(4,5)6)21(17(20)9-2)24(33)35-7/h8,11-12,14,17,20-21H,1,9-10,13,15H2,2-7H3/t17-,20+,21+/m1/s1. The topological polar surface area (TPSA) is 100 Å². The predicted molar refractivity (Wildman–Crippen MR) is 136 cm³/mol. The number of aromatic nitrogens is 2. The third-order valence-corrected chi connectivity index (χ3v) is 6.06. The molecule has 0 saturated carbocycles. The SMILES string of the molecule is C=CCC(F)(F)c1nc2ccc(OCC)cc2nc1O[C@H]1CN(C(=O)OC(C)(C)C)[C@H](C(=O)OC)[C@@H]1CC. The van der Waals surface area contributed by atoms with Gasteiger partial charge in [0.15, 0.2) is 5.69 Å². The van der Waals surface area contributed by atoms with Crippen LogP contribution in [0.2, 0.25) is 0 Å². The molecule has 1 aromatic carbocycles. The van der Waals surface area contributed by atoms with Crippen molar-refractivity contribution in [2.24, 2.45) is 5.92 Å². The first-order valence-electron chi connectivity index (χ1n) is 12.5. The second-order valence-electron chi connectivity index (χ2n) is 9.99. The number of carbonyl (C=O) groups is 2. The highest BCUT2D eigenvalue weighted by Crippen LogP contribution is 2.40. The molecule has 0 bridgehead atoms. The van der Waals surface area contributed by atoms with E-state index in [1.807, 2.05) is 13.8 Å². The number of halogens is 2. The number of hydrogen-bond donors (Lipinski definition) is 0. The summed E-state index contributed by atoms with van der Waals surface area (Å²) in [6, 6.07) is 3.73. The van der Waals surface area contributed by atoms with Crippen LogP contribution in [0.25, 0.3) is 11.0 Å². The summed E-state index contributed by atoms with van der Waals surface area (Å²) in [6.45, 7) is 12.5. The number of amides is 1. The zero-order valence-corrected chi connectivity index (χ0v) is 22.6. The molecule has 0 radical (unpaired) electrons. The number of ether oxygens (including phenoxy) is 4. The molecule has 3 atom stereocenters. The molecule has 2 aromatic rings. The van der Waals surface area contributed by atoms with E-state index in [9.17, 15) is 9.59 Å². The number of fused-ring (bicyclic) bond motifs is 1. The molecule has 11 heteroatoms. The van der Waals surface area contributed by atoms with E-state index in [1.54, 1.807) is 39.0 Å². The number of rotatable bonds is 9. The van der Waals surface area contributed by atoms with Crippen molar-refractivity contribution >= 4 is 23.1 Å². The van der Waals surface area contributed by atoms with Gasteiger partial charge in [-0.05, 0) is 46.2 Å². The molecule has 0 aliphatic carbocycles. The zero-order valence-electron chi connectivity index (χ0n) is 22.6. The van der Waals surface area contributed by atoms with Crippen molar-refractivity contribution in [1.82, 2.24) is 14.9 Å². The monoisotopic (exact) mass is 535 g/mol. The maximum atomic E-state index is 15.2. The normalized spacial score (nSPS) is 19.8. The first-order valence-corrected chi connectivity index (χ1v) is 12.5. The molecular weight excluding hydrogens is 500 g/mol. The number of carbonyl (C=O) groups excluding carboxylic acids is 2. The molecule has 0 spiro atoms. The summed E-state index contributed by atoms with van der Waals surface area (Å²) in [5.74, 6) is -4.56. The predicted octanol–water partition coefficient (Wildman–Crippen LogP) is 5.26. The smallest absolute Gasteiger partial charge is 0.411 e. The van der Waals surface area contributed by atoms with E-state index >= 15 is 8.78 Å². The average Bonchev–Trinajstić information content (AvgIpc) is 3.20. The summed E-state index contributed by atoms with van der Waals surface area (Å²) in [7, 11) is 1.22. The number of hydrogen-bond acceptors (Lipinski definition) is 8. The fraction of sp³-hybridized carbons (Fsp3) is 0.556. The highest BCUT2D eigenvalue weighted by molar-refractivity contribution is 5.83. The van der Waals surface area contributed by atoms with Crippen molar-refractivity contribution in [3.63, 3.8) is 0 Å². The van der Waals surface area contributed by atoms with Crippen LogP contribution < -0.4 is 9.47 Å². The number of allylic oxidation sites excluding steroid dienone is 1. The van der Waals surface area contributed by atoms with Crippen molar-refractivity contribution in [2.75, 3.05) is 20.3 Å². The summed E-state index contributed by atoms with van der Waals surface area (Å²) in [4.78, 5) is 35.6. The second-order valence-corrected chi connectivity index (χ2v) is 9.99. The lowest BCUT2D eigenvalue weighted by Crippen LogP contribution is -2.46. The van der Waals surface area contributed by atoms with Crippen LogP contribution >= 0.6 is 0 Å². The summed E-state index contributed by atoms with van der Waals surface area (Å²) in [5.41, 5.74) is -0.945. The van der Waals surface area contributed by atoms with Crippen LogP contribution in [-0.2, 0) is 20.2 Å². The van der Waals surface area contributed by atoms with Gasteiger partial charge in [0.1, 0.15) is 23.5 Å². The van der Waals surface area contributed by atoms with Crippen molar-refractivity contribution in [3.8, 4) is 11.6 Å². The molecule has 3 rings (SSSR count). The molecular formula is C27H35F2N3O6. The third kappa shape index (κ3) is 6.31. The Balaban J connectivity index is 2.08. The molecule has 1 saturated heterocycles. The second kappa shape index (κ2) is 11.5. The minimum atomic E-state index is -3.43. The fourth-order valence-corrected chi connectivity index (χ4v) is 4.44. The van der Waals surface area contributed by atoms with Crippen LogP contribution in [0.4, 0.5) is 13.6 Å². The summed E-state index contributed by atoms with van der Waals surface area (Å²) in [5, 5.41) is 0. The van der Waals surface area contributed by atoms with E-state index in [-0.39, 0.29) is 12.1 Å². The van der Waals surface area contributed by atoms with E-state index in [0.29, 0.717) is 24.3 Å². The van der Waals surface area contributed by atoms with Gasteiger partial charge in [-0.2, -0.15) is 8.78 Å². The Bertz CT molecular complexity index is 1180. The van der Waals surface area contributed by atoms with Crippen molar-refractivity contribution in [1.29, 1.82) is 0 Å². The van der Waals surface area contributed by atoms with Gasteiger partial charge in [0.05, 0.1) is 31.3 Å². The molecule has 1 aliphatic heterocycles. The Morgan fingerprint density at radius 3 is 2.47 bits per heavy atom. The lowest BCUT2D eigenvalue weighted by atomic mass is 9.95.